The fourth-order valence-corrected chi connectivity index (χ4v) is 3.34. The van der Waals surface area contributed by atoms with Crippen LogP contribution in [0.4, 0.5) is 0 Å². The molecule has 0 saturated heterocycles. The van der Waals surface area contributed by atoms with Gasteiger partial charge in [0.15, 0.2) is 5.75 Å². The van der Waals surface area contributed by atoms with Gasteiger partial charge in [-0.15, -0.1) is 5.10 Å². The van der Waals surface area contributed by atoms with Crippen LogP contribution in [0.15, 0.2) is 42.7 Å². The second-order valence-corrected chi connectivity index (χ2v) is 7.80. The molecule has 3 rings (SSSR count). The van der Waals surface area contributed by atoms with Gasteiger partial charge < -0.3 is 10.0 Å². The molecule has 0 unspecified atom stereocenters. The standard InChI is InChI=1S/C21H22Cl2N4O2/c1-4-26(11-14-5-7-15(8-6-14)13(2)3)21(29)20-24-12-27(25-20)16-9-17(22)19(28)18(23)10-16/h5-10,12-13,28H,4,11H2,1-3H3. The van der Waals surface area contributed by atoms with Crippen molar-refractivity contribution < 1.29 is 9.90 Å². The Morgan fingerprint density at radius 2 is 1.79 bits per heavy atom. The van der Waals surface area contributed by atoms with E-state index in [1.807, 2.05) is 19.1 Å². The number of hydrogen-bond donors (Lipinski definition) is 1. The highest BCUT2D eigenvalue weighted by Crippen LogP contribution is 2.33. The van der Waals surface area contributed by atoms with Gasteiger partial charge in [-0.2, -0.15) is 0 Å². The molecule has 0 aliphatic rings. The first-order valence-corrected chi connectivity index (χ1v) is 10.0. The van der Waals surface area contributed by atoms with E-state index < -0.39 is 0 Å². The molecule has 2 aromatic carbocycles. The van der Waals surface area contributed by atoms with Crippen LogP contribution in [0.25, 0.3) is 5.69 Å². The predicted molar refractivity (Wildman–Crippen MR) is 114 cm³/mol. The van der Waals surface area contributed by atoms with Gasteiger partial charge in [-0.05, 0) is 36.1 Å². The molecule has 1 heterocycles. The second kappa shape index (κ2) is 8.84. The summed E-state index contributed by atoms with van der Waals surface area (Å²) in [5, 5.41) is 14.1. The lowest BCUT2D eigenvalue weighted by Gasteiger charge is -2.19. The maximum Gasteiger partial charge on any atom is 0.293 e. The van der Waals surface area contributed by atoms with Crippen LogP contribution in [0.2, 0.25) is 10.0 Å². The van der Waals surface area contributed by atoms with Crippen LogP contribution in [0.5, 0.6) is 5.75 Å². The third-order valence-corrected chi connectivity index (χ3v) is 5.21. The van der Waals surface area contributed by atoms with Crippen molar-refractivity contribution in [1.29, 1.82) is 0 Å². The largest absolute Gasteiger partial charge is 0.505 e. The molecule has 0 aliphatic carbocycles. The minimum absolute atomic E-state index is 0.0750. The molecule has 0 spiro atoms. The topological polar surface area (TPSA) is 71.2 Å². The van der Waals surface area contributed by atoms with E-state index >= 15 is 0 Å². The van der Waals surface area contributed by atoms with Crippen molar-refractivity contribution in [3.05, 3.63) is 69.7 Å². The summed E-state index contributed by atoms with van der Waals surface area (Å²) in [6.07, 6.45) is 1.41. The Morgan fingerprint density at radius 1 is 1.17 bits per heavy atom. The number of aromatic nitrogens is 3. The van der Waals surface area contributed by atoms with Crippen molar-refractivity contribution in [2.45, 2.75) is 33.2 Å². The molecule has 0 fully saturated rings. The van der Waals surface area contributed by atoms with Crippen LogP contribution in [-0.4, -0.2) is 37.2 Å². The Morgan fingerprint density at radius 3 is 2.34 bits per heavy atom. The average molecular weight is 433 g/mol. The summed E-state index contributed by atoms with van der Waals surface area (Å²) < 4.78 is 1.40. The van der Waals surface area contributed by atoms with E-state index in [-0.39, 0.29) is 27.5 Å². The summed E-state index contributed by atoms with van der Waals surface area (Å²) in [5.41, 5.74) is 2.80. The zero-order chi connectivity index (χ0) is 21.1. The van der Waals surface area contributed by atoms with E-state index in [0.717, 1.165) is 5.56 Å². The zero-order valence-corrected chi connectivity index (χ0v) is 17.9. The minimum atomic E-state index is -0.268. The number of nitrogens with zero attached hydrogens (tertiary/aromatic N) is 4. The molecular weight excluding hydrogens is 411 g/mol. The van der Waals surface area contributed by atoms with Gasteiger partial charge >= 0.3 is 0 Å². The molecule has 0 radical (unpaired) electrons. The van der Waals surface area contributed by atoms with E-state index in [9.17, 15) is 9.90 Å². The Labute approximate surface area is 179 Å². The van der Waals surface area contributed by atoms with Crippen molar-refractivity contribution in [2.24, 2.45) is 0 Å². The van der Waals surface area contributed by atoms with Crippen LogP contribution >= 0.6 is 23.2 Å². The maximum atomic E-state index is 12.9. The number of phenolic OH excluding ortho intramolecular Hbond substituents is 1. The van der Waals surface area contributed by atoms with Gasteiger partial charge in [0.05, 0.1) is 15.7 Å². The normalized spacial score (nSPS) is 11.1. The number of benzene rings is 2. The van der Waals surface area contributed by atoms with Crippen molar-refractivity contribution in [2.75, 3.05) is 6.54 Å². The zero-order valence-electron chi connectivity index (χ0n) is 16.4. The fraction of sp³-hybridized carbons (Fsp3) is 0.286. The highest BCUT2D eigenvalue weighted by Gasteiger charge is 2.20. The maximum absolute atomic E-state index is 12.9. The lowest BCUT2D eigenvalue weighted by Crippen LogP contribution is -2.31. The first kappa shape index (κ1) is 21.1. The van der Waals surface area contributed by atoms with Crippen LogP contribution < -0.4 is 0 Å². The third-order valence-electron chi connectivity index (χ3n) is 4.64. The van der Waals surface area contributed by atoms with Gasteiger partial charge in [-0.1, -0.05) is 61.3 Å². The molecule has 3 aromatic rings. The van der Waals surface area contributed by atoms with Crippen LogP contribution in [-0.2, 0) is 6.54 Å². The summed E-state index contributed by atoms with van der Waals surface area (Å²) in [5.74, 6) is 0.0679. The molecule has 1 aromatic heterocycles. The summed E-state index contributed by atoms with van der Waals surface area (Å²) in [7, 11) is 0. The number of halogens is 2. The number of carbonyl (C=O) groups is 1. The molecule has 29 heavy (non-hydrogen) atoms. The number of hydrogen-bond acceptors (Lipinski definition) is 4. The van der Waals surface area contributed by atoms with Crippen LogP contribution in [0.3, 0.4) is 0 Å². The lowest BCUT2D eigenvalue weighted by atomic mass is 10.0. The number of amides is 1. The smallest absolute Gasteiger partial charge is 0.293 e. The quantitative estimate of drug-likeness (QED) is 0.590. The molecule has 8 heteroatoms. The average Bonchev–Trinajstić information content (AvgIpc) is 3.20. The van der Waals surface area contributed by atoms with Crippen molar-refractivity contribution in [1.82, 2.24) is 19.7 Å². The SMILES string of the molecule is CCN(Cc1ccc(C(C)C)cc1)C(=O)c1ncn(-c2cc(Cl)c(O)c(Cl)c2)n1. The molecule has 0 saturated carbocycles. The van der Waals surface area contributed by atoms with E-state index in [1.165, 1.54) is 28.7 Å². The van der Waals surface area contributed by atoms with E-state index in [4.69, 9.17) is 23.2 Å². The first-order chi connectivity index (χ1) is 13.8. The molecule has 1 amide bonds. The Hall–Kier alpha value is -2.57. The van der Waals surface area contributed by atoms with Crippen molar-refractivity contribution >= 4 is 29.1 Å². The monoisotopic (exact) mass is 432 g/mol. The summed E-state index contributed by atoms with van der Waals surface area (Å²) in [6.45, 7) is 7.20. The highest BCUT2D eigenvalue weighted by atomic mass is 35.5. The molecule has 1 N–H and O–H groups in total. The van der Waals surface area contributed by atoms with Crippen LogP contribution in [0.1, 0.15) is 48.4 Å². The third kappa shape index (κ3) is 4.71. The lowest BCUT2D eigenvalue weighted by molar-refractivity contribution is 0.0740. The molecule has 0 aliphatic heterocycles. The fourth-order valence-electron chi connectivity index (χ4n) is 2.87. The van der Waals surface area contributed by atoms with Gasteiger partial charge in [0, 0.05) is 13.1 Å². The highest BCUT2D eigenvalue weighted by molar-refractivity contribution is 6.37. The number of rotatable bonds is 6. The van der Waals surface area contributed by atoms with Gasteiger partial charge in [-0.25, -0.2) is 9.67 Å². The Kier molecular flexibility index (Phi) is 6.45. The summed E-state index contributed by atoms with van der Waals surface area (Å²) >= 11 is 11.9. The van der Waals surface area contributed by atoms with Gasteiger partial charge in [0.25, 0.3) is 5.91 Å². The first-order valence-electron chi connectivity index (χ1n) is 9.28. The molecule has 0 bridgehead atoms. The summed E-state index contributed by atoms with van der Waals surface area (Å²) in [6, 6.07) is 11.3. The van der Waals surface area contributed by atoms with E-state index in [1.54, 1.807) is 4.90 Å². The predicted octanol–water partition coefficient (Wildman–Crippen LogP) is 5.07. The molecule has 6 nitrogen and oxygen atoms in total. The Balaban J connectivity index is 1.78. The number of aromatic hydroxyl groups is 1. The van der Waals surface area contributed by atoms with Crippen LogP contribution in [0, 0.1) is 0 Å². The molecule has 152 valence electrons. The summed E-state index contributed by atoms with van der Waals surface area (Å²) in [4.78, 5) is 18.7. The van der Waals surface area contributed by atoms with Gasteiger partial charge in [0.1, 0.15) is 6.33 Å². The molecule has 0 atom stereocenters. The van der Waals surface area contributed by atoms with Gasteiger partial charge in [-0.3, -0.25) is 4.79 Å². The Bertz CT molecular complexity index is 993. The van der Waals surface area contributed by atoms with Crippen molar-refractivity contribution in [3.63, 3.8) is 0 Å². The van der Waals surface area contributed by atoms with E-state index in [2.05, 4.69) is 36.1 Å². The number of phenols is 1. The minimum Gasteiger partial charge on any atom is -0.505 e. The van der Waals surface area contributed by atoms with E-state index in [0.29, 0.717) is 24.7 Å². The number of carbonyl (C=O) groups excluding carboxylic acids is 1. The second-order valence-electron chi connectivity index (χ2n) is 6.99. The molecular formula is C21H22Cl2N4O2. The van der Waals surface area contributed by atoms with Gasteiger partial charge in [0.2, 0.25) is 5.82 Å². The van der Waals surface area contributed by atoms with Crippen molar-refractivity contribution in [3.8, 4) is 11.4 Å².